The number of benzene rings is 1. The standard InChI is InChI=1S/C17H16F3N5O/c18-11-3-13(20)12(19)2-9(11)17-14(22)1-8(7-26-17)25-5-10-15(4-21)23-24-16(10)6-25/h2-3,8,14,17H,1,5-7,22H2,(H,23,24)/t8-,14+,17-/m1/s1. The van der Waals surface area contributed by atoms with Crippen LogP contribution in [0.2, 0.25) is 0 Å². The van der Waals surface area contributed by atoms with Crippen molar-refractivity contribution in [1.29, 1.82) is 5.26 Å². The van der Waals surface area contributed by atoms with E-state index in [4.69, 9.17) is 15.7 Å². The third-order valence-corrected chi connectivity index (χ3v) is 5.04. The SMILES string of the molecule is N#Cc1n[nH]c2c1CN([C@H]1CO[C@H](c3cc(F)c(F)cc3F)[C@@H](N)C1)C2. The number of rotatable bonds is 2. The Balaban J connectivity index is 1.47. The quantitative estimate of drug-likeness (QED) is 0.795. The predicted octanol–water partition coefficient (Wildman–Crippen LogP) is 1.87. The van der Waals surface area contributed by atoms with Crippen LogP contribution in [0.1, 0.15) is 35.0 Å². The van der Waals surface area contributed by atoms with E-state index in [1.54, 1.807) is 0 Å². The Morgan fingerprint density at radius 1 is 1.23 bits per heavy atom. The van der Waals surface area contributed by atoms with Gasteiger partial charge in [0.25, 0.3) is 0 Å². The maximum Gasteiger partial charge on any atom is 0.167 e. The first-order valence-corrected chi connectivity index (χ1v) is 8.19. The predicted molar refractivity (Wildman–Crippen MR) is 83.9 cm³/mol. The topological polar surface area (TPSA) is 91.0 Å². The Hall–Kier alpha value is -2.41. The van der Waals surface area contributed by atoms with Gasteiger partial charge in [-0.05, 0) is 12.5 Å². The molecule has 6 nitrogen and oxygen atoms in total. The summed E-state index contributed by atoms with van der Waals surface area (Å²) in [6, 6.07) is 2.77. The van der Waals surface area contributed by atoms with Gasteiger partial charge in [0.15, 0.2) is 17.3 Å². The molecule has 0 radical (unpaired) electrons. The van der Waals surface area contributed by atoms with E-state index in [2.05, 4.69) is 21.2 Å². The molecular formula is C17H16F3N5O. The Morgan fingerprint density at radius 3 is 2.73 bits per heavy atom. The van der Waals surface area contributed by atoms with Gasteiger partial charge in [0.05, 0.1) is 12.3 Å². The molecule has 3 heterocycles. The van der Waals surface area contributed by atoms with E-state index >= 15 is 0 Å². The van der Waals surface area contributed by atoms with Gasteiger partial charge in [0.1, 0.15) is 18.0 Å². The smallest absolute Gasteiger partial charge is 0.167 e. The minimum atomic E-state index is -1.24. The molecule has 1 aromatic carbocycles. The van der Waals surface area contributed by atoms with Crippen LogP contribution in [0, 0.1) is 28.8 Å². The first-order valence-electron chi connectivity index (χ1n) is 8.19. The second-order valence-electron chi connectivity index (χ2n) is 6.64. The molecule has 1 fully saturated rings. The van der Waals surface area contributed by atoms with Crippen LogP contribution in [0.25, 0.3) is 0 Å². The maximum absolute atomic E-state index is 14.0. The van der Waals surface area contributed by atoms with E-state index in [1.165, 1.54) is 0 Å². The van der Waals surface area contributed by atoms with Gasteiger partial charge in [-0.1, -0.05) is 0 Å². The summed E-state index contributed by atoms with van der Waals surface area (Å²) in [5.74, 6) is -3.24. The number of aromatic nitrogens is 2. The zero-order chi connectivity index (χ0) is 18.4. The first kappa shape index (κ1) is 17.0. The molecule has 2 aliphatic rings. The minimum absolute atomic E-state index is 0.0260. The third kappa shape index (κ3) is 2.76. The third-order valence-electron chi connectivity index (χ3n) is 5.04. The summed E-state index contributed by atoms with van der Waals surface area (Å²) in [6.07, 6.45) is -0.332. The summed E-state index contributed by atoms with van der Waals surface area (Å²) < 4.78 is 46.3. The van der Waals surface area contributed by atoms with Crippen molar-refractivity contribution in [2.45, 2.75) is 37.7 Å². The highest BCUT2D eigenvalue weighted by molar-refractivity contribution is 5.36. The van der Waals surface area contributed by atoms with E-state index in [9.17, 15) is 13.2 Å². The molecule has 0 spiro atoms. The molecule has 2 aliphatic heterocycles. The summed E-state index contributed by atoms with van der Waals surface area (Å²) in [5.41, 5.74) is 8.23. The van der Waals surface area contributed by atoms with Crippen molar-refractivity contribution >= 4 is 0 Å². The van der Waals surface area contributed by atoms with Crippen molar-refractivity contribution in [3.05, 3.63) is 52.1 Å². The van der Waals surface area contributed by atoms with Gasteiger partial charge in [-0.15, -0.1) is 0 Å². The number of nitrogens with zero attached hydrogens (tertiary/aromatic N) is 3. The van der Waals surface area contributed by atoms with Gasteiger partial charge in [-0.3, -0.25) is 10.00 Å². The van der Waals surface area contributed by atoms with Gasteiger partial charge < -0.3 is 10.5 Å². The first-order chi connectivity index (χ1) is 12.5. The van der Waals surface area contributed by atoms with Gasteiger partial charge in [-0.2, -0.15) is 10.4 Å². The van der Waals surface area contributed by atoms with E-state index in [-0.39, 0.29) is 18.2 Å². The number of halogens is 3. The van der Waals surface area contributed by atoms with Crippen molar-refractivity contribution in [3.8, 4) is 6.07 Å². The lowest BCUT2D eigenvalue weighted by Crippen LogP contribution is -2.47. The number of nitriles is 1. The molecule has 1 saturated heterocycles. The van der Waals surface area contributed by atoms with Crippen molar-refractivity contribution < 1.29 is 17.9 Å². The molecule has 3 N–H and O–H groups in total. The van der Waals surface area contributed by atoms with Crippen LogP contribution >= 0.6 is 0 Å². The Labute approximate surface area is 147 Å². The molecule has 4 rings (SSSR count). The summed E-state index contributed by atoms with van der Waals surface area (Å²) in [5, 5.41) is 15.9. The lowest BCUT2D eigenvalue weighted by Gasteiger charge is -2.38. The highest BCUT2D eigenvalue weighted by atomic mass is 19.2. The van der Waals surface area contributed by atoms with Crippen LogP contribution in [0.4, 0.5) is 13.2 Å². The van der Waals surface area contributed by atoms with Gasteiger partial charge >= 0.3 is 0 Å². The second kappa shape index (κ2) is 6.39. The van der Waals surface area contributed by atoms with Crippen LogP contribution in [-0.4, -0.2) is 33.8 Å². The summed E-state index contributed by atoms with van der Waals surface area (Å²) in [7, 11) is 0. The number of fused-ring (bicyclic) bond motifs is 1. The molecule has 1 aromatic heterocycles. The Kier molecular flexibility index (Phi) is 4.19. The number of nitrogens with one attached hydrogen (secondary N) is 1. The fourth-order valence-electron chi connectivity index (χ4n) is 3.69. The molecule has 26 heavy (non-hydrogen) atoms. The lowest BCUT2D eigenvalue weighted by molar-refractivity contribution is -0.0533. The van der Waals surface area contributed by atoms with Gasteiger partial charge in [0, 0.05) is 42.4 Å². The normalized spacial score (nSPS) is 25.9. The van der Waals surface area contributed by atoms with E-state index in [0.29, 0.717) is 31.3 Å². The average Bonchev–Trinajstić information content (AvgIpc) is 3.18. The van der Waals surface area contributed by atoms with E-state index < -0.39 is 29.6 Å². The van der Waals surface area contributed by atoms with Crippen LogP contribution in [0.5, 0.6) is 0 Å². The minimum Gasteiger partial charge on any atom is -0.370 e. The second-order valence-corrected chi connectivity index (χ2v) is 6.64. The maximum atomic E-state index is 14.0. The molecule has 0 bridgehead atoms. The molecule has 0 unspecified atom stereocenters. The fraction of sp³-hybridized carbons (Fsp3) is 0.412. The zero-order valence-corrected chi connectivity index (χ0v) is 13.7. The molecule has 9 heteroatoms. The van der Waals surface area contributed by atoms with Crippen LogP contribution < -0.4 is 5.73 Å². The Bertz CT molecular complexity index is 893. The molecule has 2 aromatic rings. The van der Waals surface area contributed by atoms with Crippen LogP contribution in [0.3, 0.4) is 0 Å². The number of ether oxygens (including phenoxy) is 1. The van der Waals surface area contributed by atoms with Crippen LogP contribution in [0.15, 0.2) is 12.1 Å². The van der Waals surface area contributed by atoms with Crippen molar-refractivity contribution in [3.63, 3.8) is 0 Å². The van der Waals surface area contributed by atoms with Gasteiger partial charge in [0.2, 0.25) is 0 Å². The van der Waals surface area contributed by atoms with Crippen molar-refractivity contribution in [2.24, 2.45) is 5.73 Å². The van der Waals surface area contributed by atoms with E-state index in [1.807, 2.05) is 0 Å². The van der Waals surface area contributed by atoms with Gasteiger partial charge in [-0.25, -0.2) is 13.2 Å². The number of H-pyrrole nitrogens is 1. The molecule has 3 atom stereocenters. The average molecular weight is 363 g/mol. The summed E-state index contributed by atoms with van der Waals surface area (Å²) >= 11 is 0. The summed E-state index contributed by atoms with van der Waals surface area (Å²) in [6.45, 7) is 1.42. The molecule has 0 amide bonds. The number of aromatic amines is 1. The molecule has 0 saturated carbocycles. The van der Waals surface area contributed by atoms with Crippen LogP contribution in [-0.2, 0) is 17.8 Å². The monoisotopic (exact) mass is 363 g/mol. The Morgan fingerprint density at radius 2 is 2.00 bits per heavy atom. The zero-order valence-electron chi connectivity index (χ0n) is 13.7. The number of nitrogens with two attached hydrogens (primary N) is 1. The highest BCUT2D eigenvalue weighted by Gasteiger charge is 2.37. The van der Waals surface area contributed by atoms with Crippen molar-refractivity contribution in [2.75, 3.05) is 6.61 Å². The molecular weight excluding hydrogens is 347 g/mol. The van der Waals surface area contributed by atoms with Crippen molar-refractivity contribution in [1.82, 2.24) is 15.1 Å². The molecule has 0 aliphatic carbocycles. The number of hydrogen-bond acceptors (Lipinski definition) is 5. The number of hydrogen-bond donors (Lipinski definition) is 2. The lowest BCUT2D eigenvalue weighted by atomic mass is 9.93. The van der Waals surface area contributed by atoms with E-state index in [0.717, 1.165) is 17.3 Å². The highest BCUT2D eigenvalue weighted by Crippen LogP contribution is 2.34. The fourth-order valence-corrected chi connectivity index (χ4v) is 3.69. The largest absolute Gasteiger partial charge is 0.370 e. The summed E-state index contributed by atoms with van der Waals surface area (Å²) in [4.78, 5) is 2.11. The molecule has 136 valence electrons.